The summed E-state index contributed by atoms with van der Waals surface area (Å²) in [4.78, 5) is 4.50. The van der Waals surface area contributed by atoms with Crippen LogP contribution >= 0.6 is 22.9 Å². The summed E-state index contributed by atoms with van der Waals surface area (Å²) >= 11 is 7.58. The first kappa shape index (κ1) is 16.7. The average molecular weight is 373 g/mol. The van der Waals surface area contributed by atoms with Crippen molar-refractivity contribution in [2.24, 2.45) is 0 Å². The molecule has 1 aromatic carbocycles. The predicted molar refractivity (Wildman–Crippen MR) is 90.6 cm³/mol. The lowest BCUT2D eigenvalue weighted by Crippen LogP contribution is -2.38. The third-order valence-electron chi connectivity index (χ3n) is 3.92. The largest absolute Gasteiger partial charge is 0.495 e. The highest BCUT2D eigenvalue weighted by Gasteiger charge is 2.35. The van der Waals surface area contributed by atoms with Crippen LogP contribution in [0.3, 0.4) is 0 Å². The molecule has 0 bridgehead atoms. The second-order valence-electron chi connectivity index (χ2n) is 5.29. The Hall–Kier alpha value is -1.15. The maximum atomic E-state index is 13.0. The number of nitrogens with zero attached hydrogens (tertiary/aromatic N) is 2. The van der Waals surface area contributed by atoms with Crippen LogP contribution in [-0.4, -0.2) is 31.4 Å². The number of ether oxygens (including phenoxy) is 1. The van der Waals surface area contributed by atoms with E-state index in [1.165, 1.54) is 30.6 Å². The Morgan fingerprint density at radius 1 is 1.39 bits per heavy atom. The summed E-state index contributed by atoms with van der Waals surface area (Å²) in [5.74, 6) is 0.459. The predicted octanol–water partition coefficient (Wildman–Crippen LogP) is 3.72. The van der Waals surface area contributed by atoms with Crippen LogP contribution in [0.4, 0.5) is 0 Å². The standard InChI is InChI=1S/C15H17ClN2O3S2/c1-21-14-6-5-11(10-12(14)16)23(19,20)18-8-3-2-4-13(18)15-17-7-9-22-15/h5-7,9-10,13H,2-4,8H2,1H3/t13-/m0/s1. The van der Waals surface area contributed by atoms with E-state index in [9.17, 15) is 8.42 Å². The molecule has 2 aromatic rings. The van der Waals surface area contributed by atoms with Crippen molar-refractivity contribution in [3.05, 3.63) is 39.8 Å². The lowest BCUT2D eigenvalue weighted by Gasteiger charge is -2.33. The lowest BCUT2D eigenvalue weighted by atomic mass is 10.1. The number of sulfonamides is 1. The Bertz CT molecular complexity index is 778. The van der Waals surface area contributed by atoms with Gasteiger partial charge in [-0.15, -0.1) is 11.3 Å². The minimum atomic E-state index is -3.62. The normalized spacial score (nSPS) is 19.7. The van der Waals surface area contributed by atoms with Crippen molar-refractivity contribution >= 4 is 33.0 Å². The van der Waals surface area contributed by atoms with Gasteiger partial charge in [-0.1, -0.05) is 18.0 Å². The molecule has 2 heterocycles. The van der Waals surface area contributed by atoms with Gasteiger partial charge in [0.1, 0.15) is 10.8 Å². The molecule has 0 saturated carbocycles. The summed E-state index contributed by atoms with van der Waals surface area (Å²) in [5, 5.41) is 3.00. The molecule has 0 radical (unpaired) electrons. The van der Waals surface area contributed by atoms with Gasteiger partial charge >= 0.3 is 0 Å². The molecule has 0 aliphatic carbocycles. The molecule has 0 spiro atoms. The van der Waals surface area contributed by atoms with Crippen molar-refractivity contribution in [2.45, 2.75) is 30.2 Å². The molecule has 0 unspecified atom stereocenters. The molecular weight excluding hydrogens is 356 g/mol. The Morgan fingerprint density at radius 2 is 2.22 bits per heavy atom. The smallest absolute Gasteiger partial charge is 0.243 e. The van der Waals surface area contributed by atoms with Crippen LogP contribution in [0.1, 0.15) is 30.3 Å². The average Bonchev–Trinajstić information content (AvgIpc) is 3.09. The van der Waals surface area contributed by atoms with Crippen LogP contribution in [0.2, 0.25) is 5.02 Å². The zero-order valence-electron chi connectivity index (χ0n) is 12.6. The molecule has 1 atom stereocenters. The highest BCUT2D eigenvalue weighted by molar-refractivity contribution is 7.89. The molecule has 3 rings (SSSR count). The molecule has 5 nitrogen and oxygen atoms in total. The van der Waals surface area contributed by atoms with Crippen LogP contribution in [0, 0.1) is 0 Å². The van der Waals surface area contributed by atoms with Crippen molar-refractivity contribution in [3.63, 3.8) is 0 Å². The first-order valence-corrected chi connectivity index (χ1v) is 9.98. The van der Waals surface area contributed by atoms with Gasteiger partial charge in [0, 0.05) is 18.1 Å². The van der Waals surface area contributed by atoms with Crippen molar-refractivity contribution in [1.29, 1.82) is 0 Å². The minimum Gasteiger partial charge on any atom is -0.495 e. The molecule has 1 aliphatic heterocycles. The zero-order chi connectivity index (χ0) is 16.4. The maximum absolute atomic E-state index is 13.0. The van der Waals surface area contributed by atoms with Gasteiger partial charge in [-0.05, 0) is 31.0 Å². The third-order valence-corrected chi connectivity index (χ3v) is 7.00. The summed E-state index contributed by atoms with van der Waals surface area (Å²) in [7, 11) is -2.13. The monoisotopic (exact) mass is 372 g/mol. The van der Waals surface area contributed by atoms with Gasteiger partial charge in [0.05, 0.1) is 23.1 Å². The van der Waals surface area contributed by atoms with E-state index in [2.05, 4.69) is 4.98 Å². The Balaban J connectivity index is 1.98. The highest BCUT2D eigenvalue weighted by Crippen LogP contribution is 2.37. The van der Waals surface area contributed by atoms with Gasteiger partial charge < -0.3 is 4.74 Å². The Labute approximate surface area is 144 Å². The van der Waals surface area contributed by atoms with Gasteiger partial charge in [-0.2, -0.15) is 4.31 Å². The van der Waals surface area contributed by atoms with Gasteiger partial charge in [-0.25, -0.2) is 13.4 Å². The molecule has 1 aliphatic rings. The number of hydrogen-bond acceptors (Lipinski definition) is 5. The van der Waals surface area contributed by atoms with E-state index in [-0.39, 0.29) is 16.0 Å². The molecule has 8 heteroatoms. The van der Waals surface area contributed by atoms with Crippen LogP contribution in [0.15, 0.2) is 34.7 Å². The van der Waals surface area contributed by atoms with Crippen molar-refractivity contribution in [2.75, 3.05) is 13.7 Å². The fourth-order valence-corrected chi connectivity index (χ4v) is 5.64. The fraction of sp³-hybridized carbons (Fsp3) is 0.400. The number of aromatic nitrogens is 1. The zero-order valence-corrected chi connectivity index (χ0v) is 15.0. The molecular formula is C15H17ClN2O3S2. The van der Waals surface area contributed by atoms with Crippen LogP contribution in [-0.2, 0) is 10.0 Å². The van der Waals surface area contributed by atoms with Gasteiger partial charge in [0.15, 0.2) is 0 Å². The van der Waals surface area contributed by atoms with Crippen LogP contribution in [0.5, 0.6) is 5.75 Å². The van der Waals surface area contributed by atoms with E-state index in [1.54, 1.807) is 16.6 Å². The number of thiazole rings is 1. The van der Waals surface area contributed by atoms with Crippen LogP contribution < -0.4 is 4.74 Å². The molecule has 124 valence electrons. The number of benzene rings is 1. The number of rotatable bonds is 4. The molecule has 1 saturated heterocycles. The Morgan fingerprint density at radius 3 is 2.87 bits per heavy atom. The maximum Gasteiger partial charge on any atom is 0.243 e. The second kappa shape index (κ2) is 6.76. The molecule has 1 aromatic heterocycles. The van der Waals surface area contributed by atoms with E-state index in [1.807, 2.05) is 5.38 Å². The summed E-state index contributed by atoms with van der Waals surface area (Å²) in [5.41, 5.74) is 0. The topological polar surface area (TPSA) is 59.5 Å². The molecule has 0 N–H and O–H groups in total. The fourth-order valence-electron chi connectivity index (χ4n) is 2.78. The number of halogens is 1. The number of hydrogen-bond donors (Lipinski definition) is 0. The van der Waals surface area contributed by atoms with Gasteiger partial charge in [0.2, 0.25) is 10.0 Å². The minimum absolute atomic E-state index is 0.187. The highest BCUT2D eigenvalue weighted by atomic mass is 35.5. The lowest BCUT2D eigenvalue weighted by molar-refractivity contribution is 0.255. The molecule has 0 amide bonds. The van der Waals surface area contributed by atoms with E-state index in [4.69, 9.17) is 16.3 Å². The number of piperidine rings is 1. The SMILES string of the molecule is COc1ccc(S(=O)(=O)N2CCCC[C@H]2c2nccs2)cc1Cl. The first-order chi connectivity index (χ1) is 11.0. The third kappa shape index (κ3) is 3.24. The van der Waals surface area contributed by atoms with E-state index in [0.717, 1.165) is 24.3 Å². The summed E-state index contributed by atoms with van der Waals surface area (Å²) in [6.45, 7) is 0.496. The van der Waals surface area contributed by atoms with E-state index < -0.39 is 10.0 Å². The Kier molecular flexibility index (Phi) is 4.91. The van der Waals surface area contributed by atoms with Gasteiger partial charge in [0.25, 0.3) is 0 Å². The summed E-state index contributed by atoms with van der Waals surface area (Å²) in [6.07, 6.45) is 4.35. The van der Waals surface area contributed by atoms with Gasteiger partial charge in [-0.3, -0.25) is 0 Å². The van der Waals surface area contributed by atoms with E-state index in [0.29, 0.717) is 12.3 Å². The van der Waals surface area contributed by atoms with Crippen molar-refractivity contribution in [1.82, 2.24) is 9.29 Å². The second-order valence-corrected chi connectivity index (χ2v) is 8.52. The molecule has 1 fully saturated rings. The number of methoxy groups -OCH3 is 1. The summed E-state index contributed by atoms with van der Waals surface area (Å²) < 4.78 is 32.7. The van der Waals surface area contributed by atoms with Crippen molar-refractivity contribution < 1.29 is 13.2 Å². The molecule has 23 heavy (non-hydrogen) atoms. The van der Waals surface area contributed by atoms with E-state index >= 15 is 0 Å². The summed E-state index contributed by atoms with van der Waals surface area (Å²) in [6, 6.07) is 4.36. The van der Waals surface area contributed by atoms with Crippen molar-refractivity contribution in [3.8, 4) is 5.75 Å². The quantitative estimate of drug-likeness (QED) is 0.820. The first-order valence-electron chi connectivity index (χ1n) is 7.29. The van der Waals surface area contributed by atoms with Crippen LogP contribution in [0.25, 0.3) is 0 Å².